The summed E-state index contributed by atoms with van der Waals surface area (Å²) in [5.74, 6) is 0. The highest BCUT2D eigenvalue weighted by molar-refractivity contribution is 5.68. The average Bonchev–Trinajstić information content (AvgIpc) is 2.45. The lowest BCUT2D eigenvalue weighted by atomic mass is 10.1. The van der Waals surface area contributed by atoms with Crippen LogP contribution in [0.1, 0.15) is 26.3 Å². The molecule has 116 valence electrons. The Morgan fingerprint density at radius 1 is 1.10 bits per heavy atom. The van der Waals surface area contributed by atoms with Crippen LogP contribution in [0, 0.1) is 0 Å². The van der Waals surface area contributed by atoms with Crippen LogP contribution in [-0.2, 0) is 11.2 Å². The van der Waals surface area contributed by atoms with Gasteiger partial charge in [-0.05, 0) is 32.8 Å². The van der Waals surface area contributed by atoms with E-state index in [-0.39, 0.29) is 6.09 Å². The van der Waals surface area contributed by atoms with Gasteiger partial charge in [0.25, 0.3) is 0 Å². The van der Waals surface area contributed by atoms with Crippen LogP contribution in [0.15, 0.2) is 30.3 Å². The number of rotatable bonds is 3. The summed E-state index contributed by atoms with van der Waals surface area (Å²) in [7, 11) is 0. The Kier molecular flexibility index (Phi) is 5.23. The van der Waals surface area contributed by atoms with E-state index in [1.165, 1.54) is 5.56 Å². The van der Waals surface area contributed by atoms with Crippen molar-refractivity contribution in [1.82, 2.24) is 9.80 Å². The number of hydrogen-bond acceptors (Lipinski definition) is 3. The van der Waals surface area contributed by atoms with E-state index in [0.717, 1.165) is 39.1 Å². The molecule has 1 heterocycles. The van der Waals surface area contributed by atoms with Crippen molar-refractivity contribution in [2.24, 2.45) is 0 Å². The van der Waals surface area contributed by atoms with E-state index >= 15 is 0 Å². The zero-order valence-corrected chi connectivity index (χ0v) is 13.3. The molecule has 0 aromatic heterocycles. The lowest BCUT2D eigenvalue weighted by molar-refractivity contribution is 0.0146. The van der Waals surface area contributed by atoms with Crippen LogP contribution < -0.4 is 0 Å². The van der Waals surface area contributed by atoms with Crippen molar-refractivity contribution in [2.45, 2.75) is 32.8 Å². The van der Waals surface area contributed by atoms with Crippen LogP contribution in [-0.4, -0.2) is 54.2 Å². The van der Waals surface area contributed by atoms with Crippen LogP contribution in [0.2, 0.25) is 0 Å². The fourth-order valence-electron chi connectivity index (χ4n) is 2.41. The molecule has 0 atom stereocenters. The number of ether oxygens (including phenoxy) is 1. The highest BCUT2D eigenvalue weighted by Crippen LogP contribution is 2.12. The molecular formula is C17H26N2O2. The molecule has 0 unspecified atom stereocenters. The average molecular weight is 290 g/mol. The van der Waals surface area contributed by atoms with E-state index in [1.807, 2.05) is 31.7 Å². The van der Waals surface area contributed by atoms with Crippen LogP contribution in [0.25, 0.3) is 0 Å². The zero-order chi connectivity index (χ0) is 15.3. The molecule has 1 amide bonds. The molecule has 0 N–H and O–H groups in total. The van der Waals surface area contributed by atoms with Crippen molar-refractivity contribution >= 4 is 6.09 Å². The van der Waals surface area contributed by atoms with Gasteiger partial charge in [-0.2, -0.15) is 0 Å². The van der Waals surface area contributed by atoms with E-state index in [4.69, 9.17) is 4.74 Å². The summed E-state index contributed by atoms with van der Waals surface area (Å²) in [5.41, 5.74) is 0.953. The van der Waals surface area contributed by atoms with Gasteiger partial charge in [0.2, 0.25) is 0 Å². The molecule has 4 nitrogen and oxygen atoms in total. The minimum atomic E-state index is -0.415. The molecular weight excluding hydrogens is 264 g/mol. The van der Waals surface area contributed by atoms with Crippen molar-refractivity contribution in [2.75, 3.05) is 32.7 Å². The first kappa shape index (κ1) is 15.8. The van der Waals surface area contributed by atoms with E-state index in [0.29, 0.717) is 0 Å². The fourth-order valence-corrected chi connectivity index (χ4v) is 2.41. The minimum Gasteiger partial charge on any atom is -0.444 e. The molecule has 0 spiro atoms. The maximum Gasteiger partial charge on any atom is 0.410 e. The summed E-state index contributed by atoms with van der Waals surface area (Å²) in [6.07, 6.45) is 0.873. The number of carbonyl (C=O) groups is 1. The number of piperazine rings is 1. The largest absolute Gasteiger partial charge is 0.444 e. The molecule has 1 aromatic carbocycles. The topological polar surface area (TPSA) is 32.8 Å². The van der Waals surface area contributed by atoms with Crippen molar-refractivity contribution in [3.8, 4) is 0 Å². The van der Waals surface area contributed by atoms with Gasteiger partial charge in [0, 0.05) is 32.7 Å². The van der Waals surface area contributed by atoms with Crippen molar-refractivity contribution in [3.05, 3.63) is 35.9 Å². The Hall–Kier alpha value is -1.55. The Bertz CT molecular complexity index is 446. The lowest BCUT2D eigenvalue weighted by Gasteiger charge is -2.35. The molecule has 0 saturated carbocycles. The normalized spacial score (nSPS) is 16.8. The number of hydrogen-bond donors (Lipinski definition) is 0. The summed E-state index contributed by atoms with van der Waals surface area (Å²) in [6.45, 7) is 10.1. The summed E-state index contributed by atoms with van der Waals surface area (Å²) in [5, 5.41) is 0. The standard InChI is InChI=1S/C17H26N2O2/c1-17(2,3)21-16(20)19-13-11-18(12-14-19)10-9-15-7-5-4-6-8-15/h4-8H,9-14H2,1-3H3. The van der Waals surface area contributed by atoms with Gasteiger partial charge in [0.05, 0.1) is 0 Å². The smallest absolute Gasteiger partial charge is 0.410 e. The van der Waals surface area contributed by atoms with Crippen LogP contribution >= 0.6 is 0 Å². The van der Waals surface area contributed by atoms with Crippen molar-refractivity contribution < 1.29 is 9.53 Å². The summed E-state index contributed by atoms with van der Waals surface area (Å²) >= 11 is 0. The second-order valence-electron chi connectivity index (χ2n) is 6.54. The first-order valence-corrected chi connectivity index (χ1v) is 7.68. The highest BCUT2D eigenvalue weighted by Gasteiger charge is 2.25. The summed E-state index contributed by atoms with van der Waals surface area (Å²) in [6, 6.07) is 10.5. The third-order valence-electron chi connectivity index (χ3n) is 3.58. The van der Waals surface area contributed by atoms with Gasteiger partial charge in [-0.1, -0.05) is 30.3 Å². The van der Waals surface area contributed by atoms with E-state index in [1.54, 1.807) is 0 Å². The Balaban J connectivity index is 1.72. The second-order valence-corrected chi connectivity index (χ2v) is 6.54. The zero-order valence-electron chi connectivity index (χ0n) is 13.3. The third kappa shape index (κ3) is 5.38. The van der Waals surface area contributed by atoms with Crippen molar-refractivity contribution in [3.63, 3.8) is 0 Å². The van der Waals surface area contributed by atoms with Crippen LogP contribution in [0.5, 0.6) is 0 Å². The molecule has 1 aromatic rings. The molecule has 1 saturated heterocycles. The molecule has 0 radical (unpaired) electrons. The lowest BCUT2D eigenvalue weighted by Crippen LogP contribution is -2.50. The minimum absolute atomic E-state index is 0.190. The highest BCUT2D eigenvalue weighted by atomic mass is 16.6. The third-order valence-corrected chi connectivity index (χ3v) is 3.58. The van der Waals surface area contributed by atoms with E-state index in [9.17, 15) is 4.79 Å². The molecule has 4 heteroatoms. The molecule has 2 rings (SSSR count). The van der Waals surface area contributed by atoms with Gasteiger partial charge in [0.15, 0.2) is 0 Å². The first-order chi connectivity index (χ1) is 9.94. The molecule has 1 aliphatic heterocycles. The van der Waals surface area contributed by atoms with Gasteiger partial charge in [-0.15, -0.1) is 0 Å². The Labute approximate surface area is 127 Å². The quantitative estimate of drug-likeness (QED) is 0.858. The van der Waals surface area contributed by atoms with Crippen LogP contribution in [0.4, 0.5) is 4.79 Å². The van der Waals surface area contributed by atoms with Gasteiger partial charge in [-0.3, -0.25) is 4.90 Å². The maximum atomic E-state index is 12.0. The van der Waals surface area contributed by atoms with Crippen molar-refractivity contribution in [1.29, 1.82) is 0 Å². The second kappa shape index (κ2) is 6.94. The maximum absolute atomic E-state index is 12.0. The number of nitrogens with zero attached hydrogens (tertiary/aromatic N) is 2. The van der Waals surface area contributed by atoms with Gasteiger partial charge >= 0.3 is 6.09 Å². The fraction of sp³-hybridized carbons (Fsp3) is 0.588. The summed E-state index contributed by atoms with van der Waals surface area (Å²) < 4.78 is 5.41. The predicted octanol–water partition coefficient (Wildman–Crippen LogP) is 2.78. The monoisotopic (exact) mass is 290 g/mol. The molecule has 0 bridgehead atoms. The van der Waals surface area contributed by atoms with Crippen LogP contribution in [0.3, 0.4) is 0 Å². The predicted molar refractivity (Wildman–Crippen MR) is 84.4 cm³/mol. The number of carbonyl (C=O) groups excluding carboxylic acids is 1. The van der Waals surface area contributed by atoms with E-state index < -0.39 is 5.60 Å². The Morgan fingerprint density at radius 3 is 2.29 bits per heavy atom. The first-order valence-electron chi connectivity index (χ1n) is 7.68. The Morgan fingerprint density at radius 2 is 1.71 bits per heavy atom. The molecule has 1 fully saturated rings. The number of amides is 1. The molecule has 1 aliphatic rings. The SMILES string of the molecule is CC(C)(C)OC(=O)N1CCN(CCc2ccccc2)CC1. The van der Waals surface area contributed by atoms with E-state index in [2.05, 4.69) is 29.2 Å². The molecule has 21 heavy (non-hydrogen) atoms. The number of benzene rings is 1. The molecule has 0 aliphatic carbocycles. The summed E-state index contributed by atoms with van der Waals surface area (Å²) in [4.78, 5) is 16.2. The van der Waals surface area contributed by atoms with Gasteiger partial charge in [0.1, 0.15) is 5.60 Å². The van der Waals surface area contributed by atoms with Gasteiger partial charge < -0.3 is 9.64 Å². The van der Waals surface area contributed by atoms with Gasteiger partial charge in [-0.25, -0.2) is 4.79 Å².